The number of carboxylic acid groups (broad SMARTS) is 1. The molecule has 9 nitrogen and oxygen atoms in total. The van der Waals surface area contributed by atoms with Gasteiger partial charge in [-0.25, -0.2) is 18.0 Å². The number of nitrogens with one attached hydrogen (secondary N) is 2. The molecule has 0 aliphatic carbocycles. The number of urea groups is 1. The van der Waals surface area contributed by atoms with Gasteiger partial charge in [-0.2, -0.15) is 0 Å². The molecule has 0 aromatic heterocycles. The zero-order valence-corrected chi connectivity index (χ0v) is 11.2. The van der Waals surface area contributed by atoms with E-state index in [9.17, 15) is 22.8 Å². The Kier molecular flexibility index (Phi) is 6.83. The van der Waals surface area contributed by atoms with Crippen LogP contribution in [0.5, 0.6) is 0 Å². The molecule has 0 aliphatic rings. The highest BCUT2D eigenvalue weighted by Crippen LogP contribution is 1.92. The molecule has 19 heavy (non-hydrogen) atoms. The summed E-state index contributed by atoms with van der Waals surface area (Å²) in [5.74, 6) is -2.33. The first-order valence-corrected chi connectivity index (χ1v) is 7.41. The Morgan fingerprint density at radius 1 is 1.32 bits per heavy atom. The van der Waals surface area contributed by atoms with Gasteiger partial charge in [-0.1, -0.05) is 0 Å². The second-order valence-electron chi connectivity index (χ2n) is 3.94. The van der Waals surface area contributed by atoms with Crippen LogP contribution in [0.2, 0.25) is 0 Å². The lowest BCUT2D eigenvalue weighted by molar-refractivity contribution is -0.140. The molecular weight excluding hydrogens is 278 g/mol. The number of hydrogen-bond acceptors (Lipinski definition) is 5. The van der Waals surface area contributed by atoms with E-state index >= 15 is 0 Å². The average molecular weight is 295 g/mol. The Morgan fingerprint density at radius 2 is 1.89 bits per heavy atom. The maximum absolute atomic E-state index is 11.3. The summed E-state index contributed by atoms with van der Waals surface area (Å²) in [5.41, 5.74) is 4.84. The van der Waals surface area contributed by atoms with E-state index in [1.54, 1.807) is 0 Å². The van der Waals surface area contributed by atoms with Crippen LogP contribution in [0.4, 0.5) is 4.79 Å². The fourth-order valence-electron chi connectivity index (χ4n) is 1.15. The van der Waals surface area contributed by atoms with Gasteiger partial charge >= 0.3 is 12.0 Å². The van der Waals surface area contributed by atoms with Crippen molar-refractivity contribution in [3.05, 3.63) is 0 Å². The number of rotatable bonds is 8. The summed E-state index contributed by atoms with van der Waals surface area (Å²) in [6.07, 6.45) is 0.756. The van der Waals surface area contributed by atoms with Gasteiger partial charge in [0.1, 0.15) is 15.9 Å². The minimum Gasteiger partial charge on any atom is -0.480 e. The molecule has 0 bridgehead atoms. The van der Waals surface area contributed by atoms with E-state index < -0.39 is 40.2 Å². The van der Waals surface area contributed by atoms with Crippen molar-refractivity contribution in [1.29, 1.82) is 0 Å². The molecule has 0 aliphatic heterocycles. The molecule has 0 spiro atoms. The smallest absolute Gasteiger partial charge is 0.326 e. The third-order valence-corrected chi connectivity index (χ3v) is 3.02. The van der Waals surface area contributed by atoms with Gasteiger partial charge in [0, 0.05) is 12.8 Å². The summed E-state index contributed by atoms with van der Waals surface area (Å²) in [6.45, 7) is 0.0712. The molecule has 10 heteroatoms. The Hall–Kier alpha value is -1.84. The zero-order chi connectivity index (χ0) is 15.1. The highest BCUT2D eigenvalue weighted by Gasteiger charge is 2.21. The summed E-state index contributed by atoms with van der Waals surface area (Å²) in [7, 11) is -3.10. The van der Waals surface area contributed by atoms with Crippen LogP contribution in [0.3, 0.4) is 0 Å². The van der Waals surface area contributed by atoms with Crippen molar-refractivity contribution < 1.29 is 27.9 Å². The monoisotopic (exact) mass is 295 g/mol. The van der Waals surface area contributed by atoms with Gasteiger partial charge in [-0.15, -0.1) is 0 Å². The van der Waals surface area contributed by atoms with E-state index in [1.165, 1.54) is 0 Å². The van der Waals surface area contributed by atoms with Crippen molar-refractivity contribution in [2.75, 3.05) is 18.6 Å². The lowest BCUT2D eigenvalue weighted by Crippen LogP contribution is -2.47. The third-order valence-electron chi connectivity index (χ3n) is 1.99. The van der Waals surface area contributed by atoms with Crippen molar-refractivity contribution in [3.63, 3.8) is 0 Å². The van der Waals surface area contributed by atoms with Crippen LogP contribution in [0.1, 0.15) is 12.8 Å². The Morgan fingerprint density at radius 3 is 2.32 bits per heavy atom. The van der Waals surface area contributed by atoms with E-state index in [1.807, 2.05) is 5.32 Å². The second-order valence-corrected chi connectivity index (χ2v) is 6.20. The summed E-state index contributed by atoms with van der Waals surface area (Å²) >= 11 is 0. The van der Waals surface area contributed by atoms with Crippen LogP contribution in [-0.4, -0.2) is 56.0 Å². The Labute approximate surface area is 110 Å². The van der Waals surface area contributed by atoms with E-state index in [0.29, 0.717) is 0 Å². The minimum absolute atomic E-state index is 0.0712. The lowest BCUT2D eigenvalue weighted by atomic mass is 10.2. The van der Waals surface area contributed by atoms with Crippen LogP contribution < -0.4 is 16.4 Å². The van der Waals surface area contributed by atoms with Crippen LogP contribution in [0.15, 0.2) is 0 Å². The summed E-state index contributed by atoms with van der Waals surface area (Å²) in [4.78, 5) is 32.6. The molecular formula is C9H17N3O6S. The second kappa shape index (κ2) is 7.56. The van der Waals surface area contributed by atoms with Crippen molar-refractivity contribution in [2.45, 2.75) is 18.9 Å². The number of carbonyl (C=O) groups is 3. The molecule has 5 N–H and O–H groups in total. The standard InChI is InChI=1S/C9H17N3O6S/c1-19(17,18)4-2-3-11-9(16)12-6(8(14)15)5-7(10)13/h6H,2-5H2,1H3,(H2,10,13)(H,14,15)(H2,11,12,16)/t6-/m0/s1. The maximum Gasteiger partial charge on any atom is 0.326 e. The van der Waals surface area contributed by atoms with Gasteiger partial charge in [0.15, 0.2) is 0 Å². The summed E-state index contributed by atoms with van der Waals surface area (Å²) in [5, 5.41) is 13.0. The van der Waals surface area contributed by atoms with Crippen molar-refractivity contribution in [2.24, 2.45) is 5.73 Å². The SMILES string of the molecule is CS(=O)(=O)CCCNC(=O)N[C@@H](CC(N)=O)C(=O)O. The zero-order valence-electron chi connectivity index (χ0n) is 10.4. The van der Waals surface area contributed by atoms with Gasteiger partial charge < -0.3 is 21.5 Å². The first-order chi connectivity index (χ1) is 8.61. The van der Waals surface area contributed by atoms with Gasteiger partial charge in [0.25, 0.3) is 0 Å². The van der Waals surface area contributed by atoms with Crippen molar-refractivity contribution >= 4 is 27.7 Å². The van der Waals surface area contributed by atoms with Crippen molar-refractivity contribution in [1.82, 2.24) is 10.6 Å². The minimum atomic E-state index is -3.10. The van der Waals surface area contributed by atoms with Crippen LogP contribution in [0.25, 0.3) is 0 Å². The number of carbonyl (C=O) groups excluding carboxylic acids is 2. The van der Waals surface area contributed by atoms with E-state index in [0.717, 1.165) is 6.26 Å². The normalized spacial score (nSPS) is 12.5. The molecule has 0 aromatic carbocycles. The predicted octanol–water partition coefficient (Wildman–Crippen LogP) is -1.95. The number of hydrogen-bond donors (Lipinski definition) is 4. The summed E-state index contributed by atoms with van der Waals surface area (Å²) in [6, 6.07) is -2.21. The van der Waals surface area contributed by atoms with Gasteiger partial charge in [-0.3, -0.25) is 4.79 Å². The van der Waals surface area contributed by atoms with E-state index in [4.69, 9.17) is 10.8 Å². The highest BCUT2D eigenvalue weighted by molar-refractivity contribution is 7.90. The molecule has 0 fully saturated rings. The van der Waals surface area contributed by atoms with Gasteiger partial charge in [-0.05, 0) is 6.42 Å². The van der Waals surface area contributed by atoms with Crippen LogP contribution in [0, 0.1) is 0 Å². The molecule has 0 rings (SSSR count). The van der Waals surface area contributed by atoms with Crippen LogP contribution in [-0.2, 0) is 19.4 Å². The molecule has 0 radical (unpaired) electrons. The van der Waals surface area contributed by atoms with E-state index in [-0.39, 0.29) is 18.7 Å². The molecule has 0 saturated carbocycles. The first kappa shape index (κ1) is 17.2. The Balaban J connectivity index is 4.07. The number of carboxylic acids is 1. The number of aliphatic carboxylic acids is 1. The Bertz CT molecular complexity index is 447. The molecule has 0 saturated heterocycles. The fourth-order valence-corrected chi connectivity index (χ4v) is 1.82. The fraction of sp³-hybridized carbons (Fsp3) is 0.667. The maximum atomic E-state index is 11.3. The molecule has 0 aromatic rings. The van der Waals surface area contributed by atoms with Gasteiger partial charge in [0.05, 0.1) is 12.2 Å². The first-order valence-electron chi connectivity index (χ1n) is 5.35. The summed E-state index contributed by atoms with van der Waals surface area (Å²) < 4.78 is 21.6. The van der Waals surface area contributed by atoms with Gasteiger partial charge in [0.2, 0.25) is 5.91 Å². The molecule has 1 atom stereocenters. The lowest BCUT2D eigenvalue weighted by Gasteiger charge is -2.13. The molecule has 0 unspecified atom stereocenters. The molecule has 110 valence electrons. The highest BCUT2D eigenvalue weighted by atomic mass is 32.2. The topological polar surface area (TPSA) is 156 Å². The third kappa shape index (κ3) is 9.83. The quantitative estimate of drug-likeness (QED) is 0.381. The predicted molar refractivity (Wildman–Crippen MR) is 66.1 cm³/mol. The number of nitrogens with two attached hydrogens (primary N) is 1. The molecule has 0 heterocycles. The number of sulfone groups is 1. The molecule has 3 amide bonds. The van der Waals surface area contributed by atoms with E-state index in [2.05, 4.69) is 5.32 Å². The van der Waals surface area contributed by atoms with Crippen molar-refractivity contribution in [3.8, 4) is 0 Å². The average Bonchev–Trinajstić information content (AvgIpc) is 2.21. The largest absolute Gasteiger partial charge is 0.480 e. The number of primary amides is 1. The number of amides is 3. The van der Waals surface area contributed by atoms with Crippen LogP contribution >= 0.6 is 0 Å².